The van der Waals surface area contributed by atoms with Crippen molar-refractivity contribution in [1.29, 1.82) is 0 Å². The summed E-state index contributed by atoms with van der Waals surface area (Å²) < 4.78 is 0. The first-order valence-electron chi connectivity index (χ1n) is 7.54. The molecular weight excluding hydrogens is 240 g/mol. The fraction of sp³-hybridized carbons (Fsp3) is 0.867. The van der Waals surface area contributed by atoms with E-state index < -0.39 is 0 Å². The SMILES string of the molecule is CCCCC(=O)NC(C)CCCCC(=O)NC(C)C. The fourth-order valence-electron chi connectivity index (χ4n) is 1.89. The molecule has 4 heteroatoms. The molecule has 0 spiro atoms. The lowest BCUT2D eigenvalue weighted by Crippen LogP contribution is -2.32. The first kappa shape index (κ1) is 17.9. The van der Waals surface area contributed by atoms with E-state index in [1.807, 2.05) is 20.8 Å². The van der Waals surface area contributed by atoms with Crippen LogP contribution in [0.4, 0.5) is 0 Å². The van der Waals surface area contributed by atoms with Gasteiger partial charge in [0.1, 0.15) is 0 Å². The van der Waals surface area contributed by atoms with E-state index in [4.69, 9.17) is 0 Å². The average Bonchev–Trinajstić information content (AvgIpc) is 2.31. The van der Waals surface area contributed by atoms with Crippen LogP contribution in [0.15, 0.2) is 0 Å². The molecule has 0 rings (SSSR count). The van der Waals surface area contributed by atoms with Gasteiger partial charge in [0.05, 0.1) is 0 Å². The lowest BCUT2D eigenvalue weighted by atomic mass is 10.1. The van der Waals surface area contributed by atoms with E-state index >= 15 is 0 Å². The van der Waals surface area contributed by atoms with Crippen molar-refractivity contribution < 1.29 is 9.59 Å². The molecule has 0 saturated heterocycles. The molecule has 0 saturated carbocycles. The minimum absolute atomic E-state index is 0.120. The summed E-state index contributed by atoms with van der Waals surface area (Å²) in [7, 11) is 0. The molecule has 2 N–H and O–H groups in total. The molecule has 0 aliphatic rings. The topological polar surface area (TPSA) is 58.2 Å². The number of unbranched alkanes of at least 4 members (excludes halogenated alkanes) is 2. The quantitative estimate of drug-likeness (QED) is 0.600. The molecule has 0 aliphatic carbocycles. The van der Waals surface area contributed by atoms with Crippen LogP contribution in [0.3, 0.4) is 0 Å². The Labute approximate surface area is 117 Å². The van der Waals surface area contributed by atoms with Gasteiger partial charge < -0.3 is 10.6 Å². The van der Waals surface area contributed by atoms with Gasteiger partial charge in [-0.2, -0.15) is 0 Å². The average molecular weight is 270 g/mol. The monoisotopic (exact) mass is 270 g/mol. The van der Waals surface area contributed by atoms with Crippen LogP contribution >= 0.6 is 0 Å². The molecule has 112 valence electrons. The Bertz CT molecular complexity index is 265. The van der Waals surface area contributed by atoms with Crippen LogP contribution < -0.4 is 10.6 Å². The molecule has 0 fully saturated rings. The number of nitrogens with one attached hydrogen (secondary N) is 2. The second-order valence-corrected chi connectivity index (χ2v) is 5.54. The molecule has 4 nitrogen and oxygen atoms in total. The molecule has 0 radical (unpaired) electrons. The van der Waals surface area contributed by atoms with Crippen molar-refractivity contribution in [2.75, 3.05) is 0 Å². The maximum Gasteiger partial charge on any atom is 0.220 e. The standard InChI is InChI=1S/C15H30N2O2/c1-5-6-10-15(19)17-13(4)9-7-8-11-14(18)16-12(2)3/h12-13H,5-11H2,1-4H3,(H,16,18)(H,17,19). The molecule has 0 aromatic carbocycles. The van der Waals surface area contributed by atoms with Gasteiger partial charge in [-0.3, -0.25) is 9.59 Å². The number of rotatable bonds is 10. The van der Waals surface area contributed by atoms with E-state index in [-0.39, 0.29) is 23.9 Å². The van der Waals surface area contributed by atoms with Crippen LogP contribution in [0.1, 0.15) is 72.6 Å². The molecule has 19 heavy (non-hydrogen) atoms. The summed E-state index contributed by atoms with van der Waals surface area (Å²) in [6, 6.07) is 0.418. The second-order valence-electron chi connectivity index (χ2n) is 5.54. The van der Waals surface area contributed by atoms with Gasteiger partial charge in [0.25, 0.3) is 0 Å². The third-order valence-electron chi connectivity index (χ3n) is 2.91. The summed E-state index contributed by atoms with van der Waals surface area (Å²) in [5, 5.41) is 5.87. The molecule has 1 unspecified atom stereocenters. The lowest BCUT2D eigenvalue weighted by Gasteiger charge is -2.14. The highest BCUT2D eigenvalue weighted by molar-refractivity contribution is 5.76. The molecule has 2 amide bonds. The molecule has 0 aliphatic heterocycles. The number of amides is 2. The zero-order valence-electron chi connectivity index (χ0n) is 12.9. The Kier molecular flexibility index (Phi) is 10.2. The van der Waals surface area contributed by atoms with Gasteiger partial charge in [-0.05, 0) is 40.0 Å². The summed E-state index contributed by atoms with van der Waals surface area (Å²) in [4.78, 5) is 22.9. The Morgan fingerprint density at radius 1 is 0.895 bits per heavy atom. The molecule has 0 aromatic heterocycles. The molecule has 1 atom stereocenters. The first-order valence-corrected chi connectivity index (χ1v) is 7.54. The minimum atomic E-state index is 0.120. The van der Waals surface area contributed by atoms with Crippen LogP contribution in [0, 0.1) is 0 Å². The van der Waals surface area contributed by atoms with Crippen LogP contribution in [0.2, 0.25) is 0 Å². The van der Waals surface area contributed by atoms with Crippen LogP contribution in [-0.2, 0) is 9.59 Å². The van der Waals surface area contributed by atoms with Crippen molar-refractivity contribution in [3.63, 3.8) is 0 Å². The Hall–Kier alpha value is -1.06. The predicted octanol–water partition coefficient (Wildman–Crippen LogP) is 2.77. The smallest absolute Gasteiger partial charge is 0.220 e. The van der Waals surface area contributed by atoms with E-state index in [1.165, 1.54) is 0 Å². The van der Waals surface area contributed by atoms with Crippen LogP contribution in [-0.4, -0.2) is 23.9 Å². The highest BCUT2D eigenvalue weighted by atomic mass is 16.2. The van der Waals surface area contributed by atoms with Crippen LogP contribution in [0.5, 0.6) is 0 Å². The van der Waals surface area contributed by atoms with Gasteiger partial charge in [-0.15, -0.1) is 0 Å². The van der Waals surface area contributed by atoms with E-state index in [0.29, 0.717) is 12.8 Å². The lowest BCUT2D eigenvalue weighted by molar-refractivity contribution is -0.122. The summed E-state index contributed by atoms with van der Waals surface area (Å²) in [5.74, 6) is 0.265. The molecule has 0 bridgehead atoms. The first-order chi connectivity index (χ1) is 8.95. The van der Waals surface area contributed by atoms with E-state index in [2.05, 4.69) is 17.6 Å². The van der Waals surface area contributed by atoms with E-state index in [9.17, 15) is 9.59 Å². The van der Waals surface area contributed by atoms with Gasteiger partial charge in [0, 0.05) is 24.9 Å². The van der Waals surface area contributed by atoms with Crippen molar-refractivity contribution in [3.05, 3.63) is 0 Å². The van der Waals surface area contributed by atoms with E-state index in [1.54, 1.807) is 0 Å². The number of hydrogen-bond donors (Lipinski definition) is 2. The molecule has 0 aromatic rings. The zero-order valence-corrected chi connectivity index (χ0v) is 12.9. The summed E-state index contributed by atoms with van der Waals surface area (Å²) in [6.45, 7) is 8.04. The third kappa shape index (κ3) is 11.7. The second kappa shape index (κ2) is 10.8. The highest BCUT2D eigenvalue weighted by Crippen LogP contribution is 2.04. The Morgan fingerprint density at radius 2 is 1.47 bits per heavy atom. The summed E-state index contributed by atoms with van der Waals surface area (Å²) in [5.41, 5.74) is 0. The Morgan fingerprint density at radius 3 is 2.05 bits per heavy atom. The van der Waals surface area contributed by atoms with Gasteiger partial charge in [0.2, 0.25) is 11.8 Å². The van der Waals surface area contributed by atoms with Crippen molar-refractivity contribution in [2.24, 2.45) is 0 Å². The largest absolute Gasteiger partial charge is 0.354 e. The highest BCUT2D eigenvalue weighted by Gasteiger charge is 2.07. The zero-order chi connectivity index (χ0) is 14.7. The van der Waals surface area contributed by atoms with Gasteiger partial charge in [-0.1, -0.05) is 19.8 Å². The number of carbonyl (C=O) groups is 2. The number of carbonyl (C=O) groups excluding carboxylic acids is 2. The summed E-state index contributed by atoms with van der Waals surface area (Å²) in [6.07, 6.45) is 5.99. The molecule has 0 heterocycles. The van der Waals surface area contributed by atoms with Crippen molar-refractivity contribution in [1.82, 2.24) is 10.6 Å². The van der Waals surface area contributed by atoms with E-state index in [0.717, 1.165) is 32.1 Å². The summed E-state index contributed by atoms with van der Waals surface area (Å²) >= 11 is 0. The maximum absolute atomic E-state index is 11.5. The fourth-order valence-corrected chi connectivity index (χ4v) is 1.89. The van der Waals surface area contributed by atoms with Crippen molar-refractivity contribution in [3.8, 4) is 0 Å². The minimum Gasteiger partial charge on any atom is -0.354 e. The maximum atomic E-state index is 11.5. The normalized spacial score (nSPS) is 12.3. The number of hydrogen-bond acceptors (Lipinski definition) is 2. The molecular formula is C15H30N2O2. The van der Waals surface area contributed by atoms with Crippen molar-refractivity contribution in [2.45, 2.75) is 84.7 Å². The van der Waals surface area contributed by atoms with Gasteiger partial charge in [-0.25, -0.2) is 0 Å². The Balaban J connectivity index is 3.55. The third-order valence-corrected chi connectivity index (χ3v) is 2.91. The van der Waals surface area contributed by atoms with Crippen molar-refractivity contribution >= 4 is 11.8 Å². The predicted molar refractivity (Wildman–Crippen MR) is 78.9 cm³/mol. The van der Waals surface area contributed by atoms with Gasteiger partial charge in [0.15, 0.2) is 0 Å². The van der Waals surface area contributed by atoms with Crippen LogP contribution in [0.25, 0.3) is 0 Å². The van der Waals surface area contributed by atoms with Gasteiger partial charge >= 0.3 is 0 Å².